The standard InChI is InChI=1S/C19H34N6O2.HI/c1-8-20-17(21-10-9-16-13(2)23-24(7)14(16)3)22-15-11-25(12-15)18(26)27-19(4,5)6;/h15H,8-12H2,1-7H3,(H2,20,21,22);1H. The summed E-state index contributed by atoms with van der Waals surface area (Å²) < 4.78 is 7.30. The first-order chi connectivity index (χ1) is 12.6. The number of aryl methyl sites for hydroxylation is 2. The van der Waals surface area contributed by atoms with E-state index >= 15 is 0 Å². The Balaban J connectivity index is 0.00000392. The summed E-state index contributed by atoms with van der Waals surface area (Å²) >= 11 is 0. The van der Waals surface area contributed by atoms with Gasteiger partial charge in [0.25, 0.3) is 0 Å². The lowest BCUT2D eigenvalue weighted by atomic mass is 10.1. The number of nitrogens with zero attached hydrogens (tertiary/aromatic N) is 4. The van der Waals surface area contributed by atoms with Crippen molar-refractivity contribution in [3.63, 3.8) is 0 Å². The second-order valence-corrected chi connectivity index (χ2v) is 8.01. The van der Waals surface area contributed by atoms with Crippen LogP contribution in [-0.4, -0.2) is 64.6 Å². The summed E-state index contributed by atoms with van der Waals surface area (Å²) in [7, 11) is 1.97. The normalized spacial score (nSPS) is 15.0. The van der Waals surface area contributed by atoms with Gasteiger partial charge in [-0.25, -0.2) is 4.79 Å². The highest BCUT2D eigenvalue weighted by Crippen LogP contribution is 2.15. The van der Waals surface area contributed by atoms with Gasteiger partial charge in [-0.3, -0.25) is 9.67 Å². The molecule has 1 fully saturated rings. The van der Waals surface area contributed by atoms with Crippen molar-refractivity contribution in [1.29, 1.82) is 0 Å². The van der Waals surface area contributed by atoms with Gasteiger partial charge < -0.3 is 20.3 Å². The molecule has 0 atom stereocenters. The van der Waals surface area contributed by atoms with E-state index < -0.39 is 5.60 Å². The van der Waals surface area contributed by atoms with E-state index in [-0.39, 0.29) is 36.1 Å². The average molecular weight is 506 g/mol. The van der Waals surface area contributed by atoms with Crippen molar-refractivity contribution in [2.24, 2.45) is 12.0 Å². The third-order valence-corrected chi connectivity index (χ3v) is 4.51. The highest BCUT2D eigenvalue weighted by Gasteiger charge is 2.34. The van der Waals surface area contributed by atoms with Crippen LogP contribution in [0.1, 0.15) is 44.6 Å². The fourth-order valence-corrected chi connectivity index (χ4v) is 3.02. The van der Waals surface area contributed by atoms with Gasteiger partial charge in [0.2, 0.25) is 0 Å². The van der Waals surface area contributed by atoms with Gasteiger partial charge in [0, 0.05) is 38.9 Å². The molecule has 0 unspecified atom stereocenters. The van der Waals surface area contributed by atoms with E-state index in [1.165, 1.54) is 11.3 Å². The van der Waals surface area contributed by atoms with E-state index in [4.69, 9.17) is 4.74 Å². The van der Waals surface area contributed by atoms with Crippen LogP contribution in [0.3, 0.4) is 0 Å². The number of likely N-dealkylation sites (tertiary alicyclic amines) is 1. The maximum atomic E-state index is 12.0. The number of aliphatic imine (C=N–C) groups is 1. The molecule has 2 heterocycles. The summed E-state index contributed by atoms with van der Waals surface area (Å²) in [6.45, 7) is 14.5. The highest BCUT2D eigenvalue weighted by molar-refractivity contribution is 14.0. The molecule has 9 heteroatoms. The molecule has 0 saturated carbocycles. The number of amides is 1. The number of carbonyl (C=O) groups is 1. The van der Waals surface area contributed by atoms with E-state index in [1.54, 1.807) is 4.90 Å². The Morgan fingerprint density at radius 1 is 1.32 bits per heavy atom. The van der Waals surface area contributed by atoms with Crippen LogP contribution in [0.25, 0.3) is 0 Å². The molecule has 2 rings (SSSR count). The molecule has 0 spiro atoms. The number of aromatic nitrogens is 2. The molecule has 0 radical (unpaired) electrons. The van der Waals surface area contributed by atoms with Crippen molar-refractivity contribution < 1.29 is 9.53 Å². The van der Waals surface area contributed by atoms with Crippen LogP contribution >= 0.6 is 24.0 Å². The zero-order chi connectivity index (χ0) is 20.2. The lowest BCUT2D eigenvalue weighted by molar-refractivity contribution is 0.00701. The molecule has 1 aliphatic heterocycles. The molecule has 28 heavy (non-hydrogen) atoms. The van der Waals surface area contributed by atoms with E-state index in [0.717, 1.165) is 24.6 Å². The van der Waals surface area contributed by atoms with Gasteiger partial charge >= 0.3 is 6.09 Å². The molecule has 8 nitrogen and oxygen atoms in total. The Labute approximate surface area is 185 Å². The number of ether oxygens (including phenoxy) is 1. The van der Waals surface area contributed by atoms with Gasteiger partial charge in [0.05, 0.1) is 11.7 Å². The van der Waals surface area contributed by atoms with Crippen LogP contribution in [0.4, 0.5) is 4.79 Å². The van der Waals surface area contributed by atoms with Gasteiger partial charge in [-0.05, 0) is 53.5 Å². The predicted molar refractivity (Wildman–Crippen MR) is 123 cm³/mol. The summed E-state index contributed by atoms with van der Waals surface area (Å²) in [4.78, 5) is 18.4. The van der Waals surface area contributed by atoms with E-state index in [0.29, 0.717) is 19.6 Å². The Morgan fingerprint density at radius 3 is 2.46 bits per heavy atom. The molecule has 1 aromatic heterocycles. The monoisotopic (exact) mass is 506 g/mol. The van der Waals surface area contributed by atoms with Crippen LogP contribution in [0.15, 0.2) is 4.99 Å². The Morgan fingerprint density at radius 2 is 1.96 bits per heavy atom. The first-order valence-electron chi connectivity index (χ1n) is 9.62. The molecule has 0 aromatic carbocycles. The number of nitrogens with one attached hydrogen (secondary N) is 2. The number of rotatable bonds is 5. The second kappa shape index (κ2) is 10.3. The SMILES string of the molecule is CCNC(=NCCc1c(C)nn(C)c1C)NC1CN(C(=O)OC(C)(C)C)C1.I. The van der Waals surface area contributed by atoms with Crippen LogP contribution in [0.5, 0.6) is 0 Å². The average Bonchev–Trinajstić information content (AvgIpc) is 2.74. The van der Waals surface area contributed by atoms with Crippen molar-refractivity contribution in [2.45, 2.75) is 59.6 Å². The van der Waals surface area contributed by atoms with E-state index in [9.17, 15) is 4.79 Å². The summed E-state index contributed by atoms with van der Waals surface area (Å²) in [5.41, 5.74) is 3.05. The van der Waals surface area contributed by atoms with Crippen molar-refractivity contribution >= 4 is 36.0 Å². The third-order valence-electron chi connectivity index (χ3n) is 4.51. The number of hydrogen-bond acceptors (Lipinski definition) is 4. The zero-order valence-electron chi connectivity index (χ0n) is 18.1. The van der Waals surface area contributed by atoms with E-state index in [2.05, 4.69) is 27.6 Å². The zero-order valence-corrected chi connectivity index (χ0v) is 20.5. The molecule has 1 aliphatic rings. The molecular weight excluding hydrogens is 471 g/mol. The van der Waals surface area contributed by atoms with Crippen molar-refractivity contribution in [2.75, 3.05) is 26.2 Å². The minimum absolute atomic E-state index is 0. The maximum Gasteiger partial charge on any atom is 0.410 e. The molecular formula is C19H35IN6O2. The van der Waals surface area contributed by atoms with Crippen LogP contribution in [0.2, 0.25) is 0 Å². The Bertz CT molecular complexity index is 689. The van der Waals surface area contributed by atoms with E-state index in [1.807, 2.05) is 46.3 Å². The number of guanidine groups is 1. The van der Waals surface area contributed by atoms with Crippen LogP contribution < -0.4 is 10.6 Å². The van der Waals surface area contributed by atoms with Crippen molar-refractivity contribution in [1.82, 2.24) is 25.3 Å². The minimum atomic E-state index is -0.464. The summed E-state index contributed by atoms with van der Waals surface area (Å²) in [5.74, 6) is 0.783. The van der Waals surface area contributed by atoms with Gasteiger partial charge in [-0.15, -0.1) is 24.0 Å². The number of carbonyl (C=O) groups excluding carboxylic acids is 1. The third kappa shape index (κ3) is 6.82. The Kier molecular flexibility index (Phi) is 9.03. The van der Waals surface area contributed by atoms with Gasteiger partial charge in [0.1, 0.15) is 5.60 Å². The largest absolute Gasteiger partial charge is 0.444 e. The molecule has 0 aliphatic carbocycles. The first kappa shape index (κ1) is 24.5. The number of hydrogen-bond donors (Lipinski definition) is 2. The second-order valence-electron chi connectivity index (χ2n) is 8.01. The Hall–Kier alpha value is -1.52. The lowest BCUT2D eigenvalue weighted by Gasteiger charge is -2.40. The van der Waals surface area contributed by atoms with Crippen molar-refractivity contribution in [3.05, 3.63) is 17.0 Å². The smallest absolute Gasteiger partial charge is 0.410 e. The summed E-state index contributed by atoms with van der Waals surface area (Å²) in [6, 6.07) is 0.192. The van der Waals surface area contributed by atoms with Gasteiger partial charge in [-0.2, -0.15) is 5.10 Å². The maximum absolute atomic E-state index is 12.0. The van der Waals surface area contributed by atoms with Crippen molar-refractivity contribution in [3.8, 4) is 0 Å². The molecule has 1 aromatic rings. The predicted octanol–water partition coefficient (Wildman–Crippen LogP) is 2.37. The van der Waals surface area contributed by atoms with Crippen LogP contribution in [-0.2, 0) is 18.2 Å². The topological polar surface area (TPSA) is 83.8 Å². The van der Waals surface area contributed by atoms with Gasteiger partial charge in [0.15, 0.2) is 5.96 Å². The molecule has 1 amide bonds. The molecule has 0 bridgehead atoms. The van der Waals surface area contributed by atoms with Crippen LogP contribution in [0, 0.1) is 13.8 Å². The summed E-state index contributed by atoms with van der Waals surface area (Å²) in [6.07, 6.45) is 0.599. The fraction of sp³-hybridized carbons (Fsp3) is 0.737. The molecule has 1 saturated heterocycles. The summed E-state index contributed by atoms with van der Waals surface area (Å²) in [5, 5.41) is 11.1. The molecule has 160 valence electrons. The lowest BCUT2D eigenvalue weighted by Crippen LogP contribution is -2.63. The fourth-order valence-electron chi connectivity index (χ4n) is 3.02. The first-order valence-corrected chi connectivity index (χ1v) is 9.62. The quantitative estimate of drug-likeness (QED) is 0.364. The minimum Gasteiger partial charge on any atom is -0.444 e. The molecule has 2 N–H and O–H groups in total. The number of halogens is 1. The highest BCUT2D eigenvalue weighted by atomic mass is 127. The van der Waals surface area contributed by atoms with Gasteiger partial charge in [-0.1, -0.05) is 0 Å².